The zero-order valence-electron chi connectivity index (χ0n) is 12.0. The largest absolute Gasteiger partial charge is 0.467 e. The molecule has 1 aromatic heterocycles. The number of pyridine rings is 1. The van der Waals surface area contributed by atoms with E-state index in [1.807, 2.05) is 6.07 Å². The highest BCUT2D eigenvalue weighted by Crippen LogP contribution is 2.13. The van der Waals surface area contributed by atoms with Gasteiger partial charge in [0, 0.05) is 23.8 Å². The first-order valence-electron chi connectivity index (χ1n) is 6.63. The lowest BCUT2D eigenvalue weighted by atomic mass is 10.1. The molecule has 114 valence electrons. The number of nitrogens with one attached hydrogen (secondary N) is 1. The maximum Gasteiger partial charge on any atom is 0.328 e. The van der Waals surface area contributed by atoms with Crippen LogP contribution >= 0.6 is 11.6 Å². The number of halogens is 1. The van der Waals surface area contributed by atoms with Crippen molar-refractivity contribution in [1.82, 2.24) is 10.3 Å². The number of amides is 1. The zero-order chi connectivity index (χ0) is 15.9. The Morgan fingerprint density at radius 3 is 2.77 bits per heavy atom. The van der Waals surface area contributed by atoms with Gasteiger partial charge in [0.1, 0.15) is 6.04 Å². The van der Waals surface area contributed by atoms with Crippen molar-refractivity contribution in [2.75, 3.05) is 7.11 Å². The van der Waals surface area contributed by atoms with E-state index in [9.17, 15) is 9.59 Å². The molecule has 0 fully saturated rings. The number of ether oxygens (including phenoxy) is 1. The van der Waals surface area contributed by atoms with E-state index in [0.717, 1.165) is 5.56 Å². The number of nitrogens with zero attached hydrogens (tertiary/aromatic N) is 1. The minimum absolute atomic E-state index is 0.291. The third-order valence-electron chi connectivity index (χ3n) is 3.04. The lowest BCUT2D eigenvalue weighted by molar-refractivity contribution is -0.142. The van der Waals surface area contributed by atoms with Crippen LogP contribution in [-0.4, -0.2) is 30.0 Å². The predicted molar refractivity (Wildman–Crippen MR) is 82.7 cm³/mol. The number of carbonyl (C=O) groups is 2. The molecular formula is C16H15ClN2O3. The quantitative estimate of drug-likeness (QED) is 0.859. The third kappa shape index (κ3) is 4.30. The molecule has 0 saturated heterocycles. The summed E-state index contributed by atoms with van der Waals surface area (Å²) in [5.41, 5.74) is 1.21. The van der Waals surface area contributed by atoms with Crippen molar-refractivity contribution in [3.8, 4) is 0 Å². The SMILES string of the molecule is COC(=O)[C@H](Cc1cccc(Cl)c1)NC(=O)c1cccnc1. The highest BCUT2D eigenvalue weighted by molar-refractivity contribution is 6.30. The average Bonchev–Trinajstić information content (AvgIpc) is 2.54. The fraction of sp³-hybridized carbons (Fsp3) is 0.188. The molecule has 0 radical (unpaired) electrons. The fourth-order valence-electron chi connectivity index (χ4n) is 1.97. The van der Waals surface area contributed by atoms with Gasteiger partial charge in [-0.15, -0.1) is 0 Å². The number of carbonyl (C=O) groups excluding carboxylic acids is 2. The highest BCUT2D eigenvalue weighted by Gasteiger charge is 2.22. The Morgan fingerprint density at radius 2 is 2.14 bits per heavy atom. The molecule has 1 atom stereocenters. The molecule has 6 heteroatoms. The lowest BCUT2D eigenvalue weighted by Gasteiger charge is -2.16. The number of esters is 1. The standard InChI is InChI=1S/C16H15ClN2O3/c1-22-16(21)14(9-11-4-2-6-13(17)8-11)19-15(20)12-5-3-7-18-10-12/h2-8,10,14H,9H2,1H3,(H,19,20)/t14-/m0/s1. The molecule has 0 bridgehead atoms. The topological polar surface area (TPSA) is 68.3 Å². The summed E-state index contributed by atoms with van der Waals surface area (Å²) in [6.07, 6.45) is 3.29. The summed E-state index contributed by atoms with van der Waals surface area (Å²) in [4.78, 5) is 27.9. The van der Waals surface area contributed by atoms with E-state index in [-0.39, 0.29) is 5.91 Å². The van der Waals surface area contributed by atoms with Crippen molar-refractivity contribution in [2.24, 2.45) is 0 Å². The Hall–Kier alpha value is -2.40. The van der Waals surface area contributed by atoms with E-state index >= 15 is 0 Å². The van der Waals surface area contributed by atoms with Gasteiger partial charge in [0.25, 0.3) is 5.91 Å². The first-order chi connectivity index (χ1) is 10.6. The van der Waals surface area contributed by atoms with Crippen LogP contribution in [0.25, 0.3) is 0 Å². The second-order valence-electron chi connectivity index (χ2n) is 4.62. The fourth-order valence-corrected chi connectivity index (χ4v) is 2.19. The Balaban J connectivity index is 2.13. The van der Waals surface area contributed by atoms with Gasteiger partial charge in [0.05, 0.1) is 12.7 Å². The molecule has 0 aliphatic carbocycles. The van der Waals surface area contributed by atoms with Gasteiger partial charge in [-0.05, 0) is 29.8 Å². The monoisotopic (exact) mass is 318 g/mol. The second-order valence-corrected chi connectivity index (χ2v) is 5.06. The van der Waals surface area contributed by atoms with Crippen molar-refractivity contribution in [3.63, 3.8) is 0 Å². The summed E-state index contributed by atoms with van der Waals surface area (Å²) < 4.78 is 4.75. The Kier molecular flexibility index (Phi) is 5.49. The van der Waals surface area contributed by atoms with Gasteiger partial charge in [-0.25, -0.2) is 4.79 Å². The molecule has 1 amide bonds. The van der Waals surface area contributed by atoms with Crippen LogP contribution in [0.3, 0.4) is 0 Å². The summed E-state index contributed by atoms with van der Waals surface area (Å²) in [7, 11) is 1.28. The molecule has 1 N–H and O–H groups in total. The van der Waals surface area contributed by atoms with Crippen molar-refractivity contribution in [3.05, 3.63) is 64.9 Å². The number of hydrogen-bond donors (Lipinski definition) is 1. The molecule has 0 aliphatic rings. The minimum Gasteiger partial charge on any atom is -0.467 e. The number of aromatic nitrogens is 1. The molecular weight excluding hydrogens is 304 g/mol. The molecule has 1 heterocycles. The summed E-state index contributed by atoms with van der Waals surface area (Å²) >= 11 is 5.93. The van der Waals surface area contributed by atoms with E-state index in [1.54, 1.807) is 36.5 Å². The van der Waals surface area contributed by atoms with Crippen molar-refractivity contribution >= 4 is 23.5 Å². The Labute approximate surface area is 133 Å². The van der Waals surface area contributed by atoms with E-state index in [4.69, 9.17) is 16.3 Å². The van der Waals surface area contributed by atoms with E-state index < -0.39 is 12.0 Å². The Bertz CT molecular complexity index is 661. The van der Waals surface area contributed by atoms with Gasteiger partial charge in [-0.1, -0.05) is 23.7 Å². The number of rotatable bonds is 5. The van der Waals surface area contributed by atoms with Crippen LogP contribution in [0.1, 0.15) is 15.9 Å². The van der Waals surface area contributed by atoms with Crippen LogP contribution in [0.15, 0.2) is 48.8 Å². The summed E-state index contributed by atoms with van der Waals surface area (Å²) in [6, 6.07) is 9.58. The summed E-state index contributed by atoms with van der Waals surface area (Å²) in [6.45, 7) is 0. The van der Waals surface area contributed by atoms with Crippen LogP contribution < -0.4 is 5.32 Å². The van der Waals surface area contributed by atoms with Crippen LogP contribution in [0, 0.1) is 0 Å². The highest BCUT2D eigenvalue weighted by atomic mass is 35.5. The summed E-state index contributed by atoms with van der Waals surface area (Å²) in [5, 5.41) is 3.22. The maximum absolute atomic E-state index is 12.1. The van der Waals surface area contributed by atoms with Crippen molar-refractivity contribution in [1.29, 1.82) is 0 Å². The maximum atomic E-state index is 12.1. The van der Waals surface area contributed by atoms with Crippen LogP contribution in [0.2, 0.25) is 5.02 Å². The van der Waals surface area contributed by atoms with Crippen molar-refractivity contribution < 1.29 is 14.3 Å². The van der Waals surface area contributed by atoms with Gasteiger partial charge >= 0.3 is 5.97 Å². The van der Waals surface area contributed by atoms with Gasteiger partial charge in [-0.3, -0.25) is 9.78 Å². The lowest BCUT2D eigenvalue weighted by Crippen LogP contribution is -2.43. The molecule has 0 unspecified atom stereocenters. The molecule has 2 rings (SSSR count). The molecule has 0 aliphatic heterocycles. The van der Waals surface area contributed by atoms with E-state index in [2.05, 4.69) is 10.3 Å². The third-order valence-corrected chi connectivity index (χ3v) is 3.28. The normalized spacial score (nSPS) is 11.5. The average molecular weight is 319 g/mol. The first-order valence-corrected chi connectivity index (χ1v) is 7.01. The molecule has 0 spiro atoms. The minimum atomic E-state index is -0.795. The molecule has 5 nitrogen and oxygen atoms in total. The van der Waals surface area contributed by atoms with Gasteiger partial charge in [0.15, 0.2) is 0 Å². The van der Waals surface area contributed by atoms with Gasteiger partial charge < -0.3 is 10.1 Å². The van der Waals surface area contributed by atoms with Crippen LogP contribution in [0.4, 0.5) is 0 Å². The first kappa shape index (κ1) is 16.0. The molecule has 2 aromatic rings. The van der Waals surface area contributed by atoms with Gasteiger partial charge in [0.2, 0.25) is 0 Å². The molecule has 1 aromatic carbocycles. The molecule has 0 saturated carbocycles. The zero-order valence-corrected chi connectivity index (χ0v) is 12.7. The van der Waals surface area contributed by atoms with Crippen LogP contribution in [0.5, 0.6) is 0 Å². The van der Waals surface area contributed by atoms with Gasteiger partial charge in [-0.2, -0.15) is 0 Å². The van der Waals surface area contributed by atoms with E-state index in [1.165, 1.54) is 13.3 Å². The van der Waals surface area contributed by atoms with E-state index in [0.29, 0.717) is 17.0 Å². The predicted octanol–water partition coefficient (Wildman–Crippen LogP) is 2.25. The second kappa shape index (κ2) is 7.56. The molecule has 22 heavy (non-hydrogen) atoms. The Morgan fingerprint density at radius 1 is 1.32 bits per heavy atom. The number of hydrogen-bond acceptors (Lipinski definition) is 4. The van der Waals surface area contributed by atoms with Crippen molar-refractivity contribution in [2.45, 2.75) is 12.5 Å². The number of benzene rings is 1. The smallest absolute Gasteiger partial charge is 0.328 e. The summed E-state index contributed by atoms with van der Waals surface area (Å²) in [5.74, 6) is -0.900. The number of methoxy groups -OCH3 is 1. The van der Waals surface area contributed by atoms with Crippen LogP contribution in [-0.2, 0) is 16.0 Å².